The average molecular weight is 483 g/mol. The smallest absolute Gasteiger partial charge is 0.254 e. The number of rotatable bonds is 6. The molecule has 6 nitrogen and oxygen atoms in total. The molecule has 0 atom stereocenters. The van der Waals surface area contributed by atoms with Crippen molar-refractivity contribution in [2.24, 2.45) is 10.7 Å². The summed E-state index contributed by atoms with van der Waals surface area (Å²) in [5.74, 6) is -0.580. The van der Waals surface area contributed by atoms with Crippen LogP contribution in [0.1, 0.15) is 29.8 Å². The van der Waals surface area contributed by atoms with Crippen LogP contribution in [0.4, 0.5) is 11.4 Å². The van der Waals surface area contributed by atoms with Crippen molar-refractivity contribution in [1.82, 2.24) is 4.98 Å². The van der Waals surface area contributed by atoms with Crippen LogP contribution in [0.5, 0.6) is 0 Å². The molecule has 2 N–H and O–H groups in total. The number of hydrogen-bond donors (Lipinski definition) is 1. The van der Waals surface area contributed by atoms with E-state index in [0.29, 0.717) is 11.3 Å². The molecule has 7 heteroatoms. The van der Waals surface area contributed by atoms with Gasteiger partial charge in [-0.1, -0.05) is 6.07 Å². The van der Waals surface area contributed by atoms with Gasteiger partial charge in [0.15, 0.2) is 0 Å². The highest BCUT2D eigenvalue weighted by Gasteiger charge is 2.12. The number of hydrogen-bond acceptors (Lipinski definition) is 6. The van der Waals surface area contributed by atoms with Crippen molar-refractivity contribution in [2.45, 2.75) is 20.8 Å². The number of carbonyl (C=O) groups excluding carboxylic acids is 1. The Hall–Kier alpha value is -3.97. The molecule has 0 aliphatic heterocycles. The van der Waals surface area contributed by atoms with Gasteiger partial charge in [-0.15, -0.1) is 11.3 Å². The highest BCUT2D eigenvalue weighted by molar-refractivity contribution is 7.21. The monoisotopic (exact) mass is 482 g/mol. The Labute approximate surface area is 207 Å². The van der Waals surface area contributed by atoms with E-state index in [1.165, 1.54) is 10.3 Å². The standard InChI is InChI=1S/C28H26N4O2S/c1-4-32(5-2)21-12-9-19-15-22(26(29)33)27(34-24(19)16-21)30-20-10-7-18(8-11-20)28-31-23-13-6-17(3)14-25(23)35-28/h6-16H,4-5H2,1-3H3,(H2,29,33). The maximum Gasteiger partial charge on any atom is 0.254 e. The first-order valence-corrected chi connectivity index (χ1v) is 12.4. The first kappa shape index (κ1) is 22.8. The number of anilines is 1. The van der Waals surface area contributed by atoms with Crippen LogP contribution in [0.3, 0.4) is 0 Å². The molecule has 0 spiro atoms. The molecule has 5 aromatic rings. The number of benzene rings is 3. The van der Waals surface area contributed by atoms with Gasteiger partial charge in [0.2, 0.25) is 5.55 Å². The zero-order valence-electron chi connectivity index (χ0n) is 19.9. The number of aryl methyl sites for hydroxylation is 1. The summed E-state index contributed by atoms with van der Waals surface area (Å²) in [7, 11) is 0. The van der Waals surface area contributed by atoms with E-state index in [2.05, 4.69) is 42.8 Å². The van der Waals surface area contributed by atoms with Crippen LogP contribution in [-0.2, 0) is 0 Å². The highest BCUT2D eigenvalue weighted by atomic mass is 32.1. The fourth-order valence-corrected chi connectivity index (χ4v) is 5.17. The van der Waals surface area contributed by atoms with Gasteiger partial charge in [-0.2, -0.15) is 0 Å². The third kappa shape index (κ3) is 4.55. The molecule has 3 aromatic carbocycles. The quantitative estimate of drug-likeness (QED) is 0.312. The minimum Gasteiger partial charge on any atom is -0.437 e. The van der Waals surface area contributed by atoms with Crippen LogP contribution in [-0.4, -0.2) is 24.0 Å². The molecular weight excluding hydrogens is 456 g/mol. The maximum atomic E-state index is 12.2. The number of primary amides is 1. The fraction of sp³-hybridized carbons (Fsp3) is 0.179. The highest BCUT2D eigenvalue weighted by Crippen LogP contribution is 2.31. The summed E-state index contributed by atoms with van der Waals surface area (Å²) in [6.07, 6.45) is 0. The molecule has 0 unspecified atom stereocenters. The number of nitrogens with zero attached hydrogens (tertiary/aromatic N) is 3. The molecule has 1 amide bonds. The van der Waals surface area contributed by atoms with E-state index in [1.807, 2.05) is 48.5 Å². The molecule has 0 bridgehead atoms. The van der Waals surface area contributed by atoms with Gasteiger partial charge in [0, 0.05) is 35.8 Å². The normalized spacial score (nSPS) is 11.9. The van der Waals surface area contributed by atoms with Crippen molar-refractivity contribution in [3.63, 3.8) is 0 Å². The van der Waals surface area contributed by atoms with Crippen LogP contribution in [0.15, 0.2) is 76.1 Å². The van der Waals surface area contributed by atoms with E-state index in [0.717, 1.165) is 40.3 Å². The van der Waals surface area contributed by atoms with Crippen LogP contribution < -0.4 is 16.2 Å². The van der Waals surface area contributed by atoms with Gasteiger partial charge in [0.25, 0.3) is 5.91 Å². The molecule has 176 valence electrons. The van der Waals surface area contributed by atoms with E-state index < -0.39 is 5.91 Å². The summed E-state index contributed by atoms with van der Waals surface area (Å²) in [5.41, 5.74) is 11.7. The maximum absolute atomic E-state index is 12.2. The summed E-state index contributed by atoms with van der Waals surface area (Å²) in [4.78, 5) is 23.8. The second-order valence-corrected chi connectivity index (χ2v) is 9.40. The van der Waals surface area contributed by atoms with Crippen LogP contribution in [0.25, 0.3) is 31.8 Å². The van der Waals surface area contributed by atoms with E-state index >= 15 is 0 Å². The lowest BCUT2D eigenvalue weighted by atomic mass is 10.1. The van der Waals surface area contributed by atoms with Crippen molar-refractivity contribution >= 4 is 49.8 Å². The Morgan fingerprint density at radius 3 is 2.51 bits per heavy atom. The lowest BCUT2D eigenvalue weighted by Gasteiger charge is -2.21. The summed E-state index contributed by atoms with van der Waals surface area (Å²) >= 11 is 1.66. The van der Waals surface area contributed by atoms with Crippen LogP contribution in [0, 0.1) is 6.92 Å². The topological polar surface area (TPSA) is 84.7 Å². The summed E-state index contributed by atoms with van der Waals surface area (Å²) < 4.78 is 7.27. The molecular formula is C28H26N4O2S. The summed E-state index contributed by atoms with van der Waals surface area (Å²) in [6, 6.07) is 21.7. The number of thiazole rings is 1. The third-order valence-electron chi connectivity index (χ3n) is 6.02. The minimum absolute atomic E-state index is 0.199. The van der Waals surface area contributed by atoms with E-state index in [9.17, 15) is 4.79 Å². The minimum atomic E-state index is -0.580. The Morgan fingerprint density at radius 2 is 1.80 bits per heavy atom. The molecule has 0 saturated carbocycles. The Kier molecular flexibility index (Phi) is 6.09. The average Bonchev–Trinajstić information content (AvgIpc) is 3.28. The van der Waals surface area contributed by atoms with Gasteiger partial charge in [0.1, 0.15) is 16.2 Å². The van der Waals surface area contributed by atoms with Crippen molar-refractivity contribution in [3.05, 3.63) is 83.4 Å². The first-order chi connectivity index (χ1) is 16.9. The van der Waals surface area contributed by atoms with Crippen LogP contribution >= 0.6 is 11.3 Å². The molecule has 0 saturated heterocycles. The van der Waals surface area contributed by atoms with Gasteiger partial charge in [-0.05, 0) is 80.9 Å². The number of carbonyl (C=O) groups is 1. The van der Waals surface area contributed by atoms with Gasteiger partial charge < -0.3 is 15.1 Å². The van der Waals surface area contributed by atoms with Gasteiger partial charge in [-0.25, -0.2) is 9.98 Å². The molecule has 0 radical (unpaired) electrons. The Bertz CT molecular complexity index is 1610. The largest absolute Gasteiger partial charge is 0.437 e. The van der Waals surface area contributed by atoms with Gasteiger partial charge in [0.05, 0.1) is 15.9 Å². The molecule has 2 heterocycles. The number of nitrogens with two attached hydrogens (primary N) is 1. The molecule has 2 aromatic heterocycles. The lowest BCUT2D eigenvalue weighted by molar-refractivity contribution is 0.0996. The number of fused-ring (bicyclic) bond motifs is 2. The zero-order chi connectivity index (χ0) is 24.5. The van der Waals surface area contributed by atoms with Crippen molar-refractivity contribution in [1.29, 1.82) is 0 Å². The van der Waals surface area contributed by atoms with Gasteiger partial charge >= 0.3 is 0 Å². The Balaban J connectivity index is 1.55. The zero-order valence-corrected chi connectivity index (χ0v) is 20.7. The third-order valence-corrected chi connectivity index (χ3v) is 7.08. The molecule has 0 aliphatic rings. The molecule has 5 rings (SSSR count). The lowest BCUT2D eigenvalue weighted by Crippen LogP contribution is -2.22. The molecule has 0 aliphatic carbocycles. The number of aromatic nitrogens is 1. The summed E-state index contributed by atoms with van der Waals surface area (Å²) in [6.45, 7) is 8.08. The van der Waals surface area contributed by atoms with Crippen molar-refractivity contribution in [3.8, 4) is 10.6 Å². The van der Waals surface area contributed by atoms with Crippen molar-refractivity contribution in [2.75, 3.05) is 18.0 Å². The van der Waals surface area contributed by atoms with E-state index in [1.54, 1.807) is 17.4 Å². The summed E-state index contributed by atoms with van der Waals surface area (Å²) in [5, 5.41) is 1.75. The van der Waals surface area contributed by atoms with Crippen LogP contribution in [0.2, 0.25) is 0 Å². The van der Waals surface area contributed by atoms with Gasteiger partial charge in [-0.3, -0.25) is 4.79 Å². The molecule has 35 heavy (non-hydrogen) atoms. The van der Waals surface area contributed by atoms with E-state index in [-0.39, 0.29) is 11.1 Å². The predicted octanol–water partition coefficient (Wildman–Crippen LogP) is 6.20. The second-order valence-electron chi connectivity index (χ2n) is 8.37. The fourth-order valence-electron chi connectivity index (χ4n) is 4.10. The SMILES string of the molecule is CCN(CC)c1ccc2cc(C(N)=O)c(=Nc3ccc(-c4nc5ccc(C)cc5s4)cc3)oc2c1. The predicted molar refractivity (Wildman–Crippen MR) is 143 cm³/mol. The second kappa shape index (κ2) is 9.35. The first-order valence-electron chi connectivity index (χ1n) is 11.6. The van der Waals surface area contributed by atoms with E-state index in [4.69, 9.17) is 15.1 Å². The Morgan fingerprint density at radius 1 is 1.03 bits per heavy atom. The molecule has 0 fully saturated rings. The van der Waals surface area contributed by atoms with Crippen molar-refractivity contribution < 1.29 is 9.21 Å². The number of amides is 1.